The molecule has 1 aromatic heterocycles. The molecule has 132 valence electrons. The molecule has 0 spiro atoms. The molecule has 26 heavy (non-hydrogen) atoms. The average Bonchev–Trinajstić information content (AvgIpc) is 3.08. The highest BCUT2D eigenvalue weighted by atomic mass is 35.5. The van der Waals surface area contributed by atoms with E-state index < -0.39 is 9.84 Å². The Kier molecular flexibility index (Phi) is 4.88. The Labute approximate surface area is 154 Å². The van der Waals surface area contributed by atoms with Gasteiger partial charge in [-0.1, -0.05) is 11.6 Å². The fourth-order valence-corrected chi connectivity index (χ4v) is 3.03. The highest BCUT2D eigenvalue weighted by Crippen LogP contribution is 2.26. The molecular weight excluding hydrogens is 378 g/mol. The maximum Gasteiger partial charge on any atom is 0.194 e. The molecule has 10 heteroatoms. The number of ether oxygens (including phenoxy) is 1. The molecule has 1 heterocycles. The van der Waals surface area contributed by atoms with Gasteiger partial charge in [0.2, 0.25) is 0 Å². The van der Waals surface area contributed by atoms with Crippen molar-refractivity contribution < 1.29 is 13.2 Å². The Balaban J connectivity index is 1.80. The molecule has 0 aliphatic carbocycles. The predicted octanol–water partition coefficient (Wildman–Crippen LogP) is 2.17. The molecule has 0 N–H and O–H groups in total. The zero-order valence-electron chi connectivity index (χ0n) is 13.5. The van der Waals surface area contributed by atoms with Crippen molar-refractivity contribution in [2.24, 2.45) is 0 Å². The van der Waals surface area contributed by atoms with Crippen LogP contribution in [0.1, 0.15) is 11.4 Å². The number of rotatable bonds is 5. The topological polar surface area (TPSA) is 111 Å². The van der Waals surface area contributed by atoms with Crippen LogP contribution in [0.5, 0.6) is 5.75 Å². The molecule has 2 aromatic carbocycles. The van der Waals surface area contributed by atoms with Gasteiger partial charge in [-0.05, 0) is 52.9 Å². The van der Waals surface area contributed by atoms with Crippen LogP contribution in [0.3, 0.4) is 0 Å². The van der Waals surface area contributed by atoms with Gasteiger partial charge in [-0.15, -0.1) is 5.10 Å². The number of aromatic nitrogens is 4. The Hall–Kier alpha value is -2.96. The van der Waals surface area contributed by atoms with E-state index in [0.717, 1.165) is 6.26 Å². The van der Waals surface area contributed by atoms with Gasteiger partial charge in [-0.25, -0.2) is 8.42 Å². The first-order valence-electron chi connectivity index (χ1n) is 7.28. The fraction of sp³-hybridized carbons (Fsp3) is 0.125. The van der Waals surface area contributed by atoms with E-state index >= 15 is 0 Å². The van der Waals surface area contributed by atoms with E-state index in [2.05, 4.69) is 15.5 Å². The lowest BCUT2D eigenvalue weighted by molar-refractivity contribution is 0.292. The first-order valence-corrected chi connectivity index (χ1v) is 9.55. The minimum absolute atomic E-state index is 0.0342. The molecule has 8 nitrogen and oxygen atoms in total. The van der Waals surface area contributed by atoms with Crippen molar-refractivity contribution in [1.82, 2.24) is 20.2 Å². The van der Waals surface area contributed by atoms with Gasteiger partial charge in [-0.2, -0.15) is 9.94 Å². The fourth-order valence-electron chi connectivity index (χ4n) is 2.16. The number of hydrogen-bond donors (Lipinski definition) is 0. The molecule has 0 aliphatic heterocycles. The number of halogens is 1. The number of nitriles is 1. The van der Waals surface area contributed by atoms with Gasteiger partial charge in [0.1, 0.15) is 12.4 Å². The molecule has 0 radical (unpaired) electrons. The summed E-state index contributed by atoms with van der Waals surface area (Å²) in [4.78, 5) is 0.205. The summed E-state index contributed by atoms with van der Waals surface area (Å²) < 4.78 is 30.1. The summed E-state index contributed by atoms with van der Waals surface area (Å²) >= 11 is 6.07. The Morgan fingerprint density at radius 2 is 1.96 bits per heavy atom. The van der Waals surface area contributed by atoms with Crippen LogP contribution in [0, 0.1) is 11.3 Å². The SMILES string of the molecule is CS(=O)(=O)c1ccc(-n2nnnc2COc2ccc(C#N)cc2Cl)cc1. The van der Waals surface area contributed by atoms with Gasteiger partial charge >= 0.3 is 0 Å². The van der Waals surface area contributed by atoms with E-state index in [1.165, 1.54) is 22.9 Å². The van der Waals surface area contributed by atoms with Crippen LogP contribution >= 0.6 is 11.6 Å². The van der Waals surface area contributed by atoms with Crippen molar-refractivity contribution in [3.05, 3.63) is 58.9 Å². The van der Waals surface area contributed by atoms with Gasteiger partial charge < -0.3 is 4.74 Å². The zero-order chi connectivity index (χ0) is 18.7. The summed E-state index contributed by atoms with van der Waals surface area (Å²) in [6, 6.07) is 12.8. The monoisotopic (exact) mass is 389 g/mol. The van der Waals surface area contributed by atoms with Crippen LogP contribution in [-0.4, -0.2) is 34.9 Å². The third kappa shape index (κ3) is 3.82. The van der Waals surface area contributed by atoms with Crippen LogP contribution in [0.2, 0.25) is 5.02 Å². The molecule has 0 saturated carbocycles. The summed E-state index contributed by atoms with van der Waals surface area (Å²) in [6.45, 7) is 0.0342. The Bertz CT molecular complexity index is 1090. The lowest BCUT2D eigenvalue weighted by Crippen LogP contribution is -2.07. The van der Waals surface area contributed by atoms with Gasteiger partial charge in [0.15, 0.2) is 15.7 Å². The smallest absolute Gasteiger partial charge is 0.194 e. The maximum atomic E-state index is 11.5. The molecule has 3 aromatic rings. The standard InChI is InChI=1S/C16H12ClN5O3S/c1-26(23,24)13-5-3-12(4-6-13)22-16(19-20-21-22)10-25-15-7-2-11(9-18)8-14(15)17/h2-8H,10H2,1H3. The number of nitrogens with zero attached hydrogens (tertiary/aromatic N) is 5. The maximum absolute atomic E-state index is 11.5. The summed E-state index contributed by atoms with van der Waals surface area (Å²) in [5, 5.41) is 20.6. The number of benzene rings is 2. The largest absolute Gasteiger partial charge is 0.484 e. The van der Waals surface area contributed by atoms with Gasteiger partial charge in [0.05, 0.1) is 27.2 Å². The summed E-state index contributed by atoms with van der Waals surface area (Å²) in [5.74, 6) is 0.796. The second kappa shape index (κ2) is 7.11. The van der Waals surface area contributed by atoms with Crippen LogP contribution in [0.25, 0.3) is 5.69 Å². The second-order valence-electron chi connectivity index (χ2n) is 5.32. The molecule has 0 amide bonds. The van der Waals surface area contributed by atoms with Crippen molar-refractivity contribution in [2.75, 3.05) is 6.26 Å². The molecule has 0 fully saturated rings. The van der Waals surface area contributed by atoms with E-state index in [0.29, 0.717) is 27.8 Å². The molecular formula is C16H12ClN5O3S. The highest BCUT2D eigenvalue weighted by molar-refractivity contribution is 7.90. The van der Waals surface area contributed by atoms with Crippen LogP contribution in [0.4, 0.5) is 0 Å². The van der Waals surface area contributed by atoms with Crippen molar-refractivity contribution >= 4 is 21.4 Å². The van der Waals surface area contributed by atoms with E-state index in [9.17, 15) is 8.42 Å². The summed E-state index contributed by atoms with van der Waals surface area (Å²) in [7, 11) is -3.28. The van der Waals surface area contributed by atoms with E-state index in [4.69, 9.17) is 21.6 Å². The Morgan fingerprint density at radius 3 is 2.58 bits per heavy atom. The van der Waals surface area contributed by atoms with Crippen molar-refractivity contribution in [2.45, 2.75) is 11.5 Å². The van der Waals surface area contributed by atoms with Crippen LogP contribution in [-0.2, 0) is 16.4 Å². The molecule has 0 unspecified atom stereocenters. The first kappa shape index (κ1) is 17.8. The molecule has 0 atom stereocenters. The molecule has 0 bridgehead atoms. The quantitative estimate of drug-likeness (QED) is 0.657. The molecule has 0 aliphatic rings. The molecule has 0 saturated heterocycles. The average molecular weight is 390 g/mol. The summed E-state index contributed by atoms with van der Waals surface area (Å²) in [5.41, 5.74) is 1.02. The van der Waals surface area contributed by atoms with Gasteiger partial charge in [0.25, 0.3) is 0 Å². The zero-order valence-corrected chi connectivity index (χ0v) is 15.1. The number of sulfone groups is 1. The predicted molar refractivity (Wildman–Crippen MR) is 92.8 cm³/mol. The normalized spacial score (nSPS) is 11.1. The van der Waals surface area contributed by atoms with Crippen molar-refractivity contribution in [3.8, 4) is 17.5 Å². The van der Waals surface area contributed by atoms with Crippen LogP contribution < -0.4 is 4.74 Å². The van der Waals surface area contributed by atoms with E-state index in [-0.39, 0.29) is 11.5 Å². The third-order valence-corrected chi connectivity index (χ3v) is 4.89. The lowest BCUT2D eigenvalue weighted by atomic mass is 10.2. The van der Waals surface area contributed by atoms with Crippen LogP contribution in [0.15, 0.2) is 47.4 Å². The molecule has 3 rings (SSSR count). The van der Waals surface area contributed by atoms with Gasteiger partial charge in [0, 0.05) is 6.26 Å². The third-order valence-electron chi connectivity index (χ3n) is 3.46. The van der Waals surface area contributed by atoms with E-state index in [1.54, 1.807) is 24.3 Å². The van der Waals surface area contributed by atoms with Crippen molar-refractivity contribution in [3.63, 3.8) is 0 Å². The second-order valence-corrected chi connectivity index (χ2v) is 7.74. The van der Waals surface area contributed by atoms with Crippen molar-refractivity contribution in [1.29, 1.82) is 5.26 Å². The minimum atomic E-state index is -3.28. The lowest BCUT2D eigenvalue weighted by Gasteiger charge is -2.09. The summed E-state index contributed by atoms with van der Waals surface area (Å²) in [6.07, 6.45) is 1.14. The highest BCUT2D eigenvalue weighted by Gasteiger charge is 2.12. The Morgan fingerprint density at radius 1 is 1.23 bits per heavy atom. The number of tetrazole rings is 1. The van der Waals surface area contributed by atoms with Gasteiger partial charge in [-0.3, -0.25) is 0 Å². The first-order chi connectivity index (χ1) is 12.4. The number of hydrogen-bond acceptors (Lipinski definition) is 7. The minimum Gasteiger partial charge on any atom is -0.484 e. The van der Waals surface area contributed by atoms with E-state index in [1.807, 2.05) is 6.07 Å².